The van der Waals surface area contributed by atoms with Gasteiger partial charge >= 0.3 is 12.1 Å². The average Bonchev–Trinajstić information content (AvgIpc) is 2.59. The fraction of sp³-hybridized carbons (Fsp3) is 0.316. The lowest BCUT2D eigenvalue weighted by Crippen LogP contribution is -2.27. The minimum atomic E-state index is -4.84. The summed E-state index contributed by atoms with van der Waals surface area (Å²) in [5, 5.41) is 10.5. The molecule has 2 atom stereocenters. The van der Waals surface area contributed by atoms with E-state index in [1.54, 1.807) is 6.92 Å². The first kappa shape index (κ1) is 20.8. The zero-order chi connectivity index (χ0) is 20.2. The Kier molecular flexibility index (Phi) is 6.54. The van der Waals surface area contributed by atoms with Crippen LogP contribution in [-0.4, -0.2) is 17.7 Å². The van der Waals surface area contributed by atoms with Gasteiger partial charge in [-0.1, -0.05) is 18.2 Å². The highest BCUT2D eigenvalue weighted by Gasteiger charge is 2.35. The molecule has 0 aliphatic carbocycles. The number of ether oxygens (including phenoxy) is 1. The van der Waals surface area contributed by atoms with E-state index in [1.807, 2.05) is 0 Å². The summed E-state index contributed by atoms with van der Waals surface area (Å²) in [5.41, 5.74) is -1.11. The van der Waals surface area contributed by atoms with Gasteiger partial charge in [-0.05, 0) is 48.7 Å². The number of rotatable bonds is 6. The summed E-state index contributed by atoms with van der Waals surface area (Å²) in [6.45, 7) is 1.57. The molecule has 2 unspecified atom stereocenters. The maximum absolute atomic E-state index is 13.8. The molecule has 0 spiro atoms. The van der Waals surface area contributed by atoms with E-state index in [2.05, 4.69) is 0 Å². The van der Waals surface area contributed by atoms with Gasteiger partial charge in [-0.25, -0.2) is 8.78 Å². The molecule has 3 nitrogen and oxygen atoms in total. The molecule has 0 fully saturated rings. The van der Waals surface area contributed by atoms with Crippen LogP contribution < -0.4 is 0 Å². The summed E-state index contributed by atoms with van der Waals surface area (Å²) in [4.78, 5) is 12.2. The lowest BCUT2D eigenvalue weighted by molar-refractivity contribution is -0.152. The van der Waals surface area contributed by atoms with Crippen molar-refractivity contribution < 1.29 is 36.6 Å². The maximum Gasteiger partial charge on any atom is 0.419 e. The highest BCUT2D eigenvalue weighted by atomic mass is 19.4. The first-order chi connectivity index (χ1) is 12.6. The number of aliphatic hydroxyl groups is 1. The Morgan fingerprint density at radius 2 is 1.74 bits per heavy atom. The van der Waals surface area contributed by atoms with Crippen LogP contribution in [0, 0.1) is 17.6 Å². The Morgan fingerprint density at radius 1 is 1.11 bits per heavy atom. The standard InChI is InChI=1S/C19H17F5O3/c1-2-27-18(26)14(17(25)12-4-6-13(20)7-5-12)9-11-3-8-15(16(21)10-11)19(22,23)24/h3-8,10,14,17,25H,2,9H2,1H3. The second-order valence-electron chi connectivity index (χ2n) is 5.87. The smallest absolute Gasteiger partial charge is 0.419 e. The van der Waals surface area contributed by atoms with Crippen LogP contribution in [0.1, 0.15) is 29.7 Å². The number of carbonyl (C=O) groups excluding carboxylic acids is 1. The van der Waals surface area contributed by atoms with Crippen LogP contribution >= 0.6 is 0 Å². The molecular weight excluding hydrogens is 371 g/mol. The monoisotopic (exact) mass is 388 g/mol. The average molecular weight is 388 g/mol. The first-order valence-corrected chi connectivity index (χ1v) is 8.09. The molecule has 0 amide bonds. The number of hydrogen-bond donors (Lipinski definition) is 1. The zero-order valence-corrected chi connectivity index (χ0v) is 14.3. The van der Waals surface area contributed by atoms with Crippen LogP contribution in [0.2, 0.25) is 0 Å². The summed E-state index contributed by atoms with van der Waals surface area (Å²) in [6, 6.07) is 7.04. The van der Waals surface area contributed by atoms with Gasteiger partial charge < -0.3 is 9.84 Å². The number of benzene rings is 2. The largest absolute Gasteiger partial charge is 0.466 e. The third-order valence-corrected chi connectivity index (χ3v) is 3.98. The van der Waals surface area contributed by atoms with Crippen LogP contribution in [0.5, 0.6) is 0 Å². The Bertz CT molecular complexity index is 787. The first-order valence-electron chi connectivity index (χ1n) is 8.09. The molecule has 0 radical (unpaired) electrons. The SMILES string of the molecule is CCOC(=O)C(Cc1ccc(C(F)(F)F)c(F)c1)C(O)c1ccc(F)cc1. The molecule has 2 aromatic carbocycles. The molecule has 0 saturated carbocycles. The van der Waals surface area contributed by atoms with Crippen LogP contribution in [0.25, 0.3) is 0 Å². The lowest BCUT2D eigenvalue weighted by atomic mass is 9.89. The zero-order valence-electron chi connectivity index (χ0n) is 14.3. The van der Waals surface area contributed by atoms with E-state index in [-0.39, 0.29) is 24.2 Å². The Hall–Kier alpha value is -2.48. The number of esters is 1. The third-order valence-electron chi connectivity index (χ3n) is 3.98. The van der Waals surface area contributed by atoms with Crippen molar-refractivity contribution in [2.75, 3.05) is 6.61 Å². The fourth-order valence-corrected chi connectivity index (χ4v) is 2.63. The van der Waals surface area contributed by atoms with Crippen LogP contribution in [0.3, 0.4) is 0 Å². The summed E-state index contributed by atoms with van der Waals surface area (Å²) in [7, 11) is 0. The Balaban J connectivity index is 2.31. The van der Waals surface area contributed by atoms with E-state index in [0.29, 0.717) is 12.1 Å². The van der Waals surface area contributed by atoms with Crippen molar-refractivity contribution in [3.05, 3.63) is 70.8 Å². The van der Waals surface area contributed by atoms with Gasteiger partial charge in [-0.15, -0.1) is 0 Å². The number of halogens is 5. The molecule has 1 N–H and O–H groups in total. The number of carbonyl (C=O) groups is 1. The molecule has 0 aromatic heterocycles. The normalized spacial score (nSPS) is 13.9. The predicted molar refractivity (Wildman–Crippen MR) is 86.6 cm³/mol. The molecule has 2 aromatic rings. The van der Waals surface area contributed by atoms with Gasteiger partial charge in [-0.3, -0.25) is 4.79 Å². The minimum absolute atomic E-state index is 0.0207. The molecule has 2 rings (SSSR count). The highest BCUT2D eigenvalue weighted by Crippen LogP contribution is 2.33. The van der Waals surface area contributed by atoms with Gasteiger partial charge in [0.2, 0.25) is 0 Å². The third kappa shape index (κ3) is 5.26. The van der Waals surface area contributed by atoms with Crippen LogP contribution in [-0.2, 0) is 22.1 Å². The molecule has 0 heterocycles. The van der Waals surface area contributed by atoms with Crippen molar-refractivity contribution in [3.8, 4) is 0 Å². The van der Waals surface area contributed by atoms with Crippen LogP contribution in [0.4, 0.5) is 22.0 Å². The Morgan fingerprint density at radius 3 is 2.26 bits per heavy atom. The summed E-state index contributed by atoms with van der Waals surface area (Å²) in [6.07, 6.45) is -6.50. The molecule has 8 heteroatoms. The molecule has 146 valence electrons. The quantitative estimate of drug-likeness (QED) is 0.588. The van der Waals surface area contributed by atoms with E-state index in [4.69, 9.17) is 4.74 Å². The Labute approximate surface area is 152 Å². The van der Waals surface area contributed by atoms with Crippen molar-refractivity contribution in [1.82, 2.24) is 0 Å². The van der Waals surface area contributed by atoms with Gasteiger partial charge in [0.05, 0.1) is 24.2 Å². The fourth-order valence-electron chi connectivity index (χ4n) is 2.63. The van der Waals surface area contributed by atoms with Crippen molar-refractivity contribution in [1.29, 1.82) is 0 Å². The topological polar surface area (TPSA) is 46.5 Å². The number of aliphatic hydroxyl groups excluding tert-OH is 1. The van der Waals surface area contributed by atoms with Crippen molar-refractivity contribution in [2.24, 2.45) is 5.92 Å². The second-order valence-corrected chi connectivity index (χ2v) is 5.87. The van der Waals surface area contributed by atoms with E-state index >= 15 is 0 Å². The highest BCUT2D eigenvalue weighted by molar-refractivity contribution is 5.74. The number of hydrogen-bond acceptors (Lipinski definition) is 3. The van der Waals surface area contributed by atoms with Crippen LogP contribution in [0.15, 0.2) is 42.5 Å². The number of alkyl halides is 3. The summed E-state index contributed by atoms with van der Waals surface area (Å²) >= 11 is 0. The molecule has 0 aliphatic heterocycles. The van der Waals surface area contributed by atoms with E-state index in [9.17, 15) is 31.9 Å². The molecule has 0 aliphatic rings. The molecule has 27 heavy (non-hydrogen) atoms. The van der Waals surface area contributed by atoms with Gasteiger partial charge in [0.1, 0.15) is 11.6 Å². The van der Waals surface area contributed by atoms with Crippen molar-refractivity contribution in [2.45, 2.75) is 25.6 Å². The van der Waals surface area contributed by atoms with Crippen molar-refractivity contribution in [3.63, 3.8) is 0 Å². The summed E-state index contributed by atoms with van der Waals surface area (Å²) < 4.78 is 69.7. The minimum Gasteiger partial charge on any atom is -0.466 e. The molecule has 0 bridgehead atoms. The van der Waals surface area contributed by atoms with Gasteiger partial charge in [-0.2, -0.15) is 13.2 Å². The van der Waals surface area contributed by atoms with Gasteiger partial charge in [0.15, 0.2) is 0 Å². The molecular formula is C19H17F5O3. The van der Waals surface area contributed by atoms with Gasteiger partial charge in [0.25, 0.3) is 0 Å². The molecule has 0 saturated heterocycles. The van der Waals surface area contributed by atoms with E-state index in [1.165, 1.54) is 12.1 Å². The maximum atomic E-state index is 13.8. The van der Waals surface area contributed by atoms with Gasteiger partial charge in [0, 0.05) is 0 Å². The lowest BCUT2D eigenvalue weighted by Gasteiger charge is -2.22. The van der Waals surface area contributed by atoms with E-state index in [0.717, 1.165) is 18.2 Å². The van der Waals surface area contributed by atoms with Crippen molar-refractivity contribution >= 4 is 5.97 Å². The van der Waals surface area contributed by atoms with E-state index < -0.39 is 41.4 Å². The second kappa shape index (κ2) is 8.47. The predicted octanol–water partition coefficient (Wildman–Crippen LogP) is 4.44. The summed E-state index contributed by atoms with van der Waals surface area (Å²) in [5.74, 6) is -4.01.